The Morgan fingerprint density at radius 3 is 2.48 bits per heavy atom. The van der Waals surface area contributed by atoms with Crippen LogP contribution in [0.15, 0.2) is 18.2 Å². The van der Waals surface area contributed by atoms with Crippen LogP contribution in [0.5, 0.6) is 5.75 Å². The SMILES string of the molecule is COc1ccc(Cl)cc1N([C@H](C)C(=O)N1CCC(C)CC1)S(C)(=O)=O. The molecular weight excluding hydrogens is 364 g/mol. The van der Waals surface area contributed by atoms with E-state index in [4.69, 9.17) is 16.3 Å². The zero-order valence-electron chi connectivity index (χ0n) is 15.0. The number of piperidine rings is 1. The van der Waals surface area contributed by atoms with Gasteiger partial charge >= 0.3 is 0 Å². The first kappa shape index (κ1) is 19.8. The number of amides is 1. The van der Waals surface area contributed by atoms with Gasteiger partial charge in [0.1, 0.15) is 11.8 Å². The number of halogens is 1. The maximum atomic E-state index is 12.9. The molecule has 1 amide bonds. The Balaban J connectivity index is 2.38. The van der Waals surface area contributed by atoms with Crippen molar-refractivity contribution in [3.05, 3.63) is 23.2 Å². The minimum atomic E-state index is -3.71. The molecule has 1 fully saturated rings. The Morgan fingerprint density at radius 1 is 1.36 bits per heavy atom. The predicted molar refractivity (Wildman–Crippen MR) is 99.8 cm³/mol. The summed E-state index contributed by atoms with van der Waals surface area (Å²) in [6.45, 7) is 5.05. The largest absolute Gasteiger partial charge is 0.495 e. The van der Waals surface area contributed by atoms with Crippen LogP contribution in [-0.4, -0.2) is 51.7 Å². The summed E-state index contributed by atoms with van der Waals surface area (Å²) < 4.78 is 31.3. The average molecular weight is 389 g/mol. The highest BCUT2D eigenvalue weighted by molar-refractivity contribution is 7.92. The lowest BCUT2D eigenvalue weighted by Gasteiger charge is -2.36. The molecule has 0 unspecified atom stereocenters. The van der Waals surface area contributed by atoms with Crippen molar-refractivity contribution in [3.8, 4) is 5.75 Å². The summed E-state index contributed by atoms with van der Waals surface area (Å²) in [6.07, 6.45) is 2.94. The Hall–Kier alpha value is -1.47. The maximum absolute atomic E-state index is 12.9. The van der Waals surface area contributed by atoms with Gasteiger partial charge in [-0.3, -0.25) is 9.10 Å². The smallest absolute Gasteiger partial charge is 0.246 e. The number of ether oxygens (including phenoxy) is 1. The van der Waals surface area contributed by atoms with E-state index in [2.05, 4.69) is 6.92 Å². The Morgan fingerprint density at radius 2 is 1.96 bits per heavy atom. The zero-order valence-corrected chi connectivity index (χ0v) is 16.6. The van der Waals surface area contributed by atoms with Crippen molar-refractivity contribution in [1.29, 1.82) is 0 Å². The number of anilines is 1. The third-order valence-corrected chi connectivity index (χ3v) is 6.00. The molecule has 0 saturated carbocycles. The molecule has 1 aromatic rings. The molecular formula is C17H25ClN2O4S. The summed E-state index contributed by atoms with van der Waals surface area (Å²) in [4.78, 5) is 14.6. The van der Waals surface area contributed by atoms with Gasteiger partial charge in [0.2, 0.25) is 15.9 Å². The van der Waals surface area contributed by atoms with Crippen LogP contribution in [0.25, 0.3) is 0 Å². The quantitative estimate of drug-likeness (QED) is 0.777. The van der Waals surface area contributed by atoms with E-state index < -0.39 is 16.1 Å². The highest BCUT2D eigenvalue weighted by Crippen LogP contribution is 2.34. The molecule has 1 atom stereocenters. The van der Waals surface area contributed by atoms with Crippen LogP contribution < -0.4 is 9.04 Å². The van der Waals surface area contributed by atoms with E-state index >= 15 is 0 Å². The van der Waals surface area contributed by atoms with Crippen LogP contribution in [0.2, 0.25) is 5.02 Å². The predicted octanol–water partition coefficient (Wildman–Crippen LogP) is 2.76. The van der Waals surface area contributed by atoms with E-state index in [1.807, 2.05) is 0 Å². The van der Waals surface area contributed by atoms with Crippen LogP contribution in [-0.2, 0) is 14.8 Å². The van der Waals surface area contributed by atoms with E-state index in [-0.39, 0.29) is 11.6 Å². The van der Waals surface area contributed by atoms with Crippen molar-refractivity contribution in [3.63, 3.8) is 0 Å². The fourth-order valence-electron chi connectivity index (χ4n) is 3.10. The molecule has 140 valence electrons. The molecule has 1 aliphatic rings. The number of sulfonamides is 1. The first-order valence-electron chi connectivity index (χ1n) is 8.27. The van der Waals surface area contributed by atoms with Gasteiger partial charge in [-0.15, -0.1) is 0 Å². The molecule has 1 heterocycles. The van der Waals surface area contributed by atoms with E-state index in [1.165, 1.54) is 13.2 Å². The van der Waals surface area contributed by atoms with E-state index in [9.17, 15) is 13.2 Å². The molecule has 0 radical (unpaired) electrons. The number of benzene rings is 1. The number of hydrogen-bond acceptors (Lipinski definition) is 4. The monoisotopic (exact) mass is 388 g/mol. The molecule has 0 spiro atoms. The van der Waals surface area contributed by atoms with Crippen molar-refractivity contribution in [2.24, 2.45) is 5.92 Å². The van der Waals surface area contributed by atoms with E-state index in [0.717, 1.165) is 23.4 Å². The van der Waals surface area contributed by atoms with Gasteiger partial charge < -0.3 is 9.64 Å². The van der Waals surface area contributed by atoms with Crippen LogP contribution in [0.4, 0.5) is 5.69 Å². The van der Waals surface area contributed by atoms with Crippen molar-refractivity contribution in [1.82, 2.24) is 4.90 Å². The normalized spacial score (nSPS) is 17.2. The lowest BCUT2D eigenvalue weighted by molar-refractivity contribution is -0.133. The zero-order chi connectivity index (χ0) is 18.8. The van der Waals surface area contributed by atoms with Gasteiger partial charge in [0.15, 0.2) is 0 Å². The number of nitrogens with zero attached hydrogens (tertiary/aromatic N) is 2. The lowest BCUT2D eigenvalue weighted by Crippen LogP contribution is -2.51. The molecule has 6 nitrogen and oxygen atoms in total. The second-order valence-electron chi connectivity index (χ2n) is 6.56. The summed E-state index contributed by atoms with van der Waals surface area (Å²) in [6, 6.07) is 3.83. The molecule has 0 N–H and O–H groups in total. The number of methoxy groups -OCH3 is 1. The summed E-state index contributed by atoms with van der Waals surface area (Å²) >= 11 is 6.04. The topological polar surface area (TPSA) is 66.9 Å². The molecule has 8 heteroatoms. The van der Waals surface area contributed by atoms with Crippen molar-refractivity contribution in [2.45, 2.75) is 32.7 Å². The maximum Gasteiger partial charge on any atom is 0.246 e. The molecule has 1 aliphatic heterocycles. The van der Waals surface area contributed by atoms with Crippen LogP contribution in [0, 0.1) is 5.92 Å². The molecule has 25 heavy (non-hydrogen) atoms. The number of rotatable bonds is 5. The van der Waals surface area contributed by atoms with Crippen LogP contribution in [0.1, 0.15) is 26.7 Å². The summed E-state index contributed by atoms with van der Waals surface area (Å²) in [5.74, 6) is 0.722. The molecule has 0 aromatic heterocycles. The fourth-order valence-corrected chi connectivity index (χ4v) is 4.43. The number of likely N-dealkylation sites (tertiary alicyclic amines) is 1. The molecule has 0 bridgehead atoms. The standard InChI is InChI=1S/C17H25ClN2O4S/c1-12-7-9-19(10-8-12)17(21)13(2)20(25(4,22)23)15-11-14(18)5-6-16(15)24-3/h5-6,11-13H,7-10H2,1-4H3/t13-/m1/s1. The van der Waals surface area contributed by atoms with Crippen LogP contribution >= 0.6 is 11.6 Å². The summed E-state index contributed by atoms with van der Waals surface area (Å²) in [5.41, 5.74) is 0.267. The summed E-state index contributed by atoms with van der Waals surface area (Å²) in [7, 11) is -2.26. The summed E-state index contributed by atoms with van der Waals surface area (Å²) in [5, 5.41) is 0.371. The van der Waals surface area contributed by atoms with E-state index in [0.29, 0.717) is 29.8 Å². The first-order valence-corrected chi connectivity index (χ1v) is 10.5. The van der Waals surface area contributed by atoms with Gasteiger partial charge in [-0.05, 0) is 43.9 Å². The Kier molecular flexibility index (Phi) is 6.21. The van der Waals surface area contributed by atoms with Crippen molar-refractivity contribution >= 4 is 33.2 Å². The molecule has 1 saturated heterocycles. The second kappa shape index (κ2) is 7.83. The lowest BCUT2D eigenvalue weighted by atomic mass is 9.99. The Bertz CT molecular complexity index is 730. The first-order chi connectivity index (χ1) is 11.6. The third kappa shape index (κ3) is 4.58. The highest BCUT2D eigenvalue weighted by Gasteiger charge is 2.34. The Labute approximate surface area is 154 Å². The fraction of sp³-hybridized carbons (Fsp3) is 0.588. The van der Waals surface area contributed by atoms with Gasteiger partial charge in [-0.25, -0.2) is 8.42 Å². The van der Waals surface area contributed by atoms with Crippen molar-refractivity contribution in [2.75, 3.05) is 30.8 Å². The minimum Gasteiger partial charge on any atom is -0.495 e. The third-order valence-electron chi connectivity index (χ3n) is 4.54. The average Bonchev–Trinajstić information content (AvgIpc) is 2.54. The van der Waals surface area contributed by atoms with Crippen molar-refractivity contribution < 1.29 is 17.9 Å². The number of carbonyl (C=O) groups excluding carboxylic acids is 1. The van der Waals surface area contributed by atoms with Gasteiger partial charge in [0.05, 0.1) is 19.1 Å². The van der Waals surface area contributed by atoms with Gasteiger partial charge in [-0.1, -0.05) is 18.5 Å². The van der Waals surface area contributed by atoms with Gasteiger partial charge in [0, 0.05) is 18.1 Å². The van der Waals surface area contributed by atoms with Gasteiger partial charge in [0.25, 0.3) is 0 Å². The second-order valence-corrected chi connectivity index (χ2v) is 8.85. The molecule has 1 aromatic carbocycles. The van der Waals surface area contributed by atoms with Crippen LogP contribution in [0.3, 0.4) is 0 Å². The highest BCUT2D eigenvalue weighted by atomic mass is 35.5. The number of hydrogen-bond donors (Lipinski definition) is 0. The van der Waals surface area contributed by atoms with E-state index in [1.54, 1.807) is 24.0 Å². The van der Waals surface area contributed by atoms with Gasteiger partial charge in [-0.2, -0.15) is 0 Å². The molecule has 0 aliphatic carbocycles. The molecule has 2 rings (SSSR count). The number of carbonyl (C=O) groups is 1. The minimum absolute atomic E-state index is 0.209.